The first-order valence-electron chi connectivity index (χ1n) is 4.20. The van der Waals surface area contributed by atoms with Crippen LogP contribution in [0.25, 0.3) is 0 Å². The Morgan fingerprint density at radius 2 is 2.33 bits per heavy atom. The summed E-state index contributed by atoms with van der Waals surface area (Å²) >= 11 is 5.75. The van der Waals surface area contributed by atoms with E-state index in [2.05, 4.69) is 0 Å². The van der Waals surface area contributed by atoms with Gasteiger partial charge in [-0.3, -0.25) is 0 Å². The zero-order valence-corrected chi connectivity index (χ0v) is 8.71. The van der Waals surface area contributed by atoms with Crippen LogP contribution in [0.15, 0.2) is 12.1 Å². The summed E-state index contributed by atoms with van der Waals surface area (Å²) in [5.41, 5.74) is -0.262. The zero-order chi connectivity index (χ0) is 11.4. The zero-order valence-electron chi connectivity index (χ0n) is 7.95. The number of carbonyl (C=O) groups excluding carboxylic acids is 1. The monoisotopic (exact) mass is 225 g/mol. The number of ether oxygens (including phenoxy) is 1. The molecular weight excluding hydrogens is 218 g/mol. The number of aromatic hydroxyl groups is 1. The van der Waals surface area contributed by atoms with Gasteiger partial charge in [0.2, 0.25) is 0 Å². The highest BCUT2D eigenvalue weighted by Crippen LogP contribution is 2.27. The van der Waals surface area contributed by atoms with Crippen LogP contribution in [0.3, 0.4) is 0 Å². The second-order valence-corrected chi connectivity index (χ2v) is 3.06. The van der Waals surface area contributed by atoms with E-state index in [0.29, 0.717) is 0 Å². The molecule has 0 unspecified atom stereocenters. The van der Waals surface area contributed by atoms with Gasteiger partial charge in [0.25, 0.3) is 0 Å². The molecule has 1 aromatic carbocycles. The molecule has 0 amide bonds. The number of esters is 1. The van der Waals surface area contributed by atoms with Crippen molar-refractivity contribution >= 4 is 17.6 Å². The predicted octanol–water partition coefficient (Wildman–Crippen LogP) is 2.09. The van der Waals surface area contributed by atoms with Gasteiger partial charge in [-0.15, -0.1) is 0 Å². The largest absolute Gasteiger partial charge is 0.507 e. The summed E-state index contributed by atoms with van der Waals surface area (Å²) in [5, 5.41) is 18.2. The van der Waals surface area contributed by atoms with Crippen LogP contribution < -0.4 is 0 Å². The average Bonchev–Trinajstić information content (AvgIpc) is 2.21. The van der Waals surface area contributed by atoms with E-state index in [-0.39, 0.29) is 28.5 Å². The predicted molar refractivity (Wildman–Crippen MR) is 53.8 cm³/mol. The second-order valence-electron chi connectivity index (χ2n) is 2.65. The van der Waals surface area contributed by atoms with Crippen molar-refractivity contribution in [3.63, 3.8) is 0 Å². The van der Waals surface area contributed by atoms with E-state index in [1.54, 1.807) is 13.0 Å². The Hall–Kier alpha value is -1.73. The molecule has 1 aromatic rings. The number of nitrogens with zero attached hydrogens (tertiary/aromatic N) is 1. The Labute approximate surface area is 91.7 Å². The number of carbonyl (C=O) groups is 1. The molecule has 0 aliphatic carbocycles. The number of phenols is 1. The number of halogens is 1. The molecule has 0 saturated carbocycles. The summed E-state index contributed by atoms with van der Waals surface area (Å²) in [6.45, 7) is 1.82. The molecule has 78 valence electrons. The minimum Gasteiger partial charge on any atom is -0.507 e. The molecule has 0 radical (unpaired) electrons. The Kier molecular flexibility index (Phi) is 3.53. The highest BCUT2D eigenvalue weighted by atomic mass is 35.5. The van der Waals surface area contributed by atoms with Crippen LogP contribution in [0.2, 0.25) is 5.02 Å². The highest BCUT2D eigenvalue weighted by Gasteiger charge is 2.19. The van der Waals surface area contributed by atoms with Gasteiger partial charge >= 0.3 is 5.97 Å². The van der Waals surface area contributed by atoms with Gasteiger partial charge < -0.3 is 9.84 Å². The molecule has 4 nitrogen and oxygen atoms in total. The molecule has 1 rings (SSSR count). The number of nitriles is 1. The van der Waals surface area contributed by atoms with E-state index in [1.165, 1.54) is 12.1 Å². The van der Waals surface area contributed by atoms with Gasteiger partial charge in [0, 0.05) is 0 Å². The number of hydrogen-bond acceptors (Lipinski definition) is 4. The first-order chi connectivity index (χ1) is 7.11. The van der Waals surface area contributed by atoms with Crippen molar-refractivity contribution in [3.05, 3.63) is 28.3 Å². The van der Waals surface area contributed by atoms with Crippen molar-refractivity contribution in [3.8, 4) is 11.8 Å². The first kappa shape index (κ1) is 11.3. The van der Waals surface area contributed by atoms with Gasteiger partial charge in [0.15, 0.2) is 0 Å². The number of hydrogen-bond donors (Lipinski definition) is 1. The molecule has 0 saturated heterocycles. The summed E-state index contributed by atoms with van der Waals surface area (Å²) in [5.74, 6) is -1.00. The Morgan fingerprint density at radius 3 is 2.87 bits per heavy atom. The molecule has 15 heavy (non-hydrogen) atoms. The third-order valence-electron chi connectivity index (χ3n) is 1.72. The van der Waals surface area contributed by atoms with Gasteiger partial charge in [-0.1, -0.05) is 11.6 Å². The third-order valence-corrected chi connectivity index (χ3v) is 2.04. The maximum atomic E-state index is 11.4. The quantitative estimate of drug-likeness (QED) is 0.783. The SMILES string of the molecule is CCOC(=O)c1c(Cl)ccc(O)c1C#N. The molecule has 0 heterocycles. The van der Waals surface area contributed by atoms with E-state index < -0.39 is 5.97 Å². The van der Waals surface area contributed by atoms with Crippen molar-refractivity contribution in [1.82, 2.24) is 0 Å². The van der Waals surface area contributed by atoms with Crippen LogP contribution in [-0.2, 0) is 4.74 Å². The van der Waals surface area contributed by atoms with Gasteiger partial charge in [-0.2, -0.15) is 5.26 Å². The number of rotatable bonds is 2. The van der Waals surface area contributed by atoms with Crippen molar-refractivity contribution in [2.24, 2.45) is 0 Å². The van der Waals surface area contributed by atoms with Crippen molar-refractivity contribution in [2.75, 3.05) is 6.61 Å². The van der Waals surface area contributed by atoms with Crippen LogP contribution in [-0.4, -0.2) is 17.7 Å². The highest BCUT2D eigenvalue weighted by molar-refractivity contribution is 6.34. The molecule has 0 aliphatic rings. The Balaban J connectivity index is 3.33. The molecule has 0 spiro atoms. The fourth-order valence-electron chi connectivity index (χ4n) is 1.08. The summed E-state index contributed by atoms with van der Waals surface area (Å²) in [7, 11) is 0. The standard InChI is InChI=1S/C10H8ClNO3/c1-2-15-10(14)9-6(5-12)8(13)4-3-7(9)11/h3-4,13H,2H2,1H3. The van der Waals surface area contributed by atoms with Crippen LogP contribution in [0.1, 0.15) is 22.8 Å². The van der Waals surface area contributed by atoms with E-state index in [9.17, 15) is 9.90 Å². The lowest BCUT2D eigenvalue weighted by molar-refractivity contribution is 0.0525. The molecule has 5 heteroatoms. The van der Waals surface area contributed by atoms with Gasteiger partial charge in [-0.25, -0.2) is 4.79 Å². The van der Waals surface area contributed by atoms with Crippen LogP contribution in [0.5, 0.6) is 5.75 Å². The van der Waals surface area contributed by atoms with Crippen LogP contribution >= 0.6 is 11.6 Å². The molecule has 0 aliphatic heterocycles. The molecule has 1 N–H and O–H groups in total. The minimum atomic E-state index is -0.713. The second kappa shape index (κ2) is 4.67. The van der Waals surface area contributed by atoms with E-state index >= 15 is 0 Å². The molecular formula is C10H8ClNO3. The number of phenolic OH excluding ortho intramolecular Hbond substituents is 1. The maximum absolute atomic E-state index is 11.4. The summed E-state index contributed by atoms with van der Waals surface area (Å²) < 4.78 is 4.72. The molecule has 0 aromatic heterocycles. The first-order valence-corrected chi connectivity index (χ1v) is 4.58. The van der Waals surface area contributed by atoms with Crippen molar-refractivity contribution in [1.29, 1.82) is 5.26 Å². The fourth-order valence-corrected chi connectivity index (χ4v) is 1.32. The lowest BCUT2D eigenvalue weighted by atomic mass is 10.1. The smallest absolute Gasteiger partial charge is 0.341 e. The molecule has 0 bridgehead atoms. The lowest BCUT2D eigenvalue weighted by Gasteiger charge is -2.06. The van der Waals surface area contributed by atoms with E-state index in [1.807, 2.05) is 0 Å². The van der Waals surface area contributed by atoms with Gasteiger partial charge in [-0.05, 0) is 19.1 Å². The normalized spacial score (nSPS) is 9.40. The minimum absolute atomic E-state index is 0.0859. The average molecular weight is 226 g/mol. The lowest BCUT2D eigenvalue weighted by Crippen LogP contribution is -2.07. The van der Waals surface area contributed by atoms with E-state index in [0.717, 1.165) is 0 Å². The van der Waals surface area contributed by atoms with Gasteiger partial charge in [0.05, 0.1) is 17.2 Å². The topological polar surface area (TPSA) is 70.3 Å². The maximum Gasteiger partial charge on any atom is 0.341 e. The van der Waals surface area contributed by atoms with Crippen LogP contribution in [0.4, 0.5) is 0 Å². The van der Waals surface area contributed by atoms with Gasteiger partial charge in [0.1, 0.15) is 17.4 Å². The summed E-state index contributed by atoms with van der Waals surface area (Å²) in [6.07, 6.45) is 0. The van der Waals surface area contributed by atoms with Crippen molar-refractivity contribution in [2.45, 2.75) is 6.92 Å². The molecule has 0 atom stereocenters. The fraction of sp³-hybridized carbons (Fsp3) is 0.200. The summed E-state index contributed by atoms with van der Waals surface area (Å²) in [6, 6.07) is 4.30. The Bertz CT molecular complexity index is 437. The Morgan fingerprint density at radius 1 is 1.67 bits per heavy atom. The number of benzene rings is 1. The summed E-state index contributed by atoms with van der Waals surface area (Å²) in [4.78, 5) is 11.4. The van der Waals surface area contributed by atoms with E-state index in [4.69, 9.17) is 21.6 Å². The third kappa shape index (κ3) is 2.20. The molecule has 0 fully saturated rings. The van der Waals surface area contributed by atoms with Crippen LogP contribution in [0, 0.1) is 11.3 Å². The van der Waals surface area contributed by atoms with Crippen molar-refractivity contribution < 1.29 is 14.6 Å².